The Kier molecular flexibility index (Phi) is 4.85. The number of halogens is 1. The van der Waals surface area contributed by atoms with E-state index in [-0.39, 0.29) is 11.9 Å². The van der Waals surface area contributed by atoms with Crippen LogP contribution < -0.4 is 4.74 Å². The van der Waals surface area contributed by atoms with Gasteiger partial charge in [0.25, 0.3) is 0 Å². The molecule has 134 valence electrons. The van der Waals surface area contributed by atoms with E-state index < -0.39 is 0 Å². The maximum Gasteiger partial charge on any atom is 0.165 e. The molecule has 2 heterocycles. The second-order valence-electron chi connectivity index (χ2n) is 7.08. The number of ether oxygens (including phenoxy) is 1. The summed E-state index contributed by atoms with van der Waals surface area (Å²) in [6, 6.07) is 13.9. The minimum absolute atomic E-state index is 0.0676. The van der Waals surface area contributed by atoms with Gasteiger partial charge < -0.3 is 4.74 Å². The first-order valence-corrected chi connectivity index (χ1v) is 9.15. The Hall–Kier alpha value is -2.46. The zero-order chi connectivity index (χ0) is 17.9. The molecule has 1 aliphatic heterocycles. The Bertz CT molecular complexity index is 886. The Balaban J connectivity index is 1.36. The third-order valence-electron chi connectivity index (χ3n) is 5.05. The van der Waals surface area contributed by atoms with Crippen LogP contribution >= 0.6 is 0 Å². The van der Waals surface area contributed by atoms with Crippen molar-refractivity contribution in [1.82, 2.24) is 9.88 Å². The lowest BCUT2D eigenvalue weighted by molar-refractivity contribution is 0.0937. The van der Waals surface area contributed by atoms with Crippen LogP contribution in [-0.4, -0.2) is 29.1 Å². The van der Waals surface area contributed by atoms with Crippen molar-refractivity contribution in [3.05, 3.63) is 71.8 Å². The molecule has 1 fully saturated rings. The molecule has 4 rings (SSSR count). The molecule has 0 spiro atoms. The minimum Gasteiger partial charge on any atom is -0.487 e. The highest BCUT2D eigenvalue weighted by Crippen LogP contribution is 2.27. The number of pyridine rings is 1. The van der Waals surface area contributed by atoms with E-state index in [0.717, 1.165) is 43.2 Å². The third kappa shape index (κ3) is 3.86. The molecule has 0 unspecified atom stereocenters. The molecule has 3 nitrogen and oxygen atoms in total. The van der Waals surface area contributed by atoms with Crippen LogP contribution in [0.3, 0.4) is 0 Å². The first-order valence-electron chi connectivity index (χ1n) is 9.15. The van der Waals surface area contributed by atoms with E-state index in [9.17, 15) is 4.39 Å². The highest BCUT2D eigenvalue weighted by molar-refractivity contribution is 5.83. The fourth-order valence-electron chi connectivity index (χ4n) is 3.49. The number of rotatable bonds is 4. The molecule has 1 aromatic heterocycles. The van der Waals surface area contributed by atoms with Crippen LogP contribution in [0.2, 0.25) is 0 Å². The Morgan fingerprint density at radius 1 is 1.08 bits per heavy atom. The van der Waals surface area contributed by atoms with Crippen LogP contribution in [0.15, 0.2) is 54.9 Å². The van der Waals surface area contributed by atoms with Crippen molar-refractivity contribution in [2.45, 2.75) is 32.4 Å². The number of hydrogen-bond acceptors (Lipinski definition) is 3. The summed E-state index contributed by atoms with van der Waals surface area (Å²) >= 11 is 0. The van der Waals surface area contributed by atoms with Gasteiger partial charge in [-0.3, -0.25) is 9.88 Å². The molecular weight excluding hydrogens is 327 g/mol. The lowest BCUT2D eigenvalue weighted by atomic mass is 10.1. The molecule has 4 heteroatoms. The number of hydrogen-bond donors (Lipinski definition) is 0. The fraction of sp³-hybridized carbons (Fsp3) is 0.318. The van der Waals surface area contributed by atoms with E-state index in [1.165, 1.54) is 17.2 Å². The Labute approximate surface area is 153 Å². The van der Waals surface area contributed by atoms with Crippen LogP contribution in [0.5, 0.6) is 5.75 Å². The number of aromatic nitrogens is 1. The summed E-state index contributed by atoms with van der Waals surface area (Å²) in [5.74, 6) is 0.0354. The van der Waals surface area contributed by atoms with Crippen molar-refractivity contribution in [1.29, 1.82) is 0 Å². The standard InChI is InChI=1S/C22H23FN2O/c1-16-2-4-17(5-3-16)15-25-10-7-20(8-11-25)26-22-13-18-6-9-24-14-19(18)12-21(22)23/h2-6,9,12-14,20H,7-8,10-11,15H2,1H3. The van der Waals surface area contributed by atoms with Gasteiger partial charge >= 0.3 is 0 Å². The summed E-state index contributed by atoms with van der Waals surface area (Å²) < 4.78 is 20.3. The SMILES string of the molecule is Cc1ccc(CN2CCC(Oc3cc4ccncc4cc3F)CC2)cc1. The van der Waals surface area contributed by atoms with Crippen molar-refractivity contribution < 1.29 is 9.13 Å². The zero-order valence-corrected chi connectivity index (χ0v) is 15.0. The van der Waals surface area contributed by atoms with Gasteiger partial charge in [-0.2, -0.15) is 0 Å². The number of likely N-dealkylation sites (tertiary alicyclic amines) is 1. The first-order chi connectivity index (χ1) is 12.7. The summed E-state index contributed by atoms with van der Waals surface area (Å²) in [4.78, 5) is 6.47. The smallest absolute Gasteiger partial charge is 0.165 e. The lowest BCUT2D eigenvalue weighted by Gasteiger charge is -2.32. The van der Waals surface area contributed by atoms with E-state index in [2.05, 4.69) is 41.1 Å². The van der Waals surface area contributed by atoms with Crippen molar-refractivity contribution in [2.24, 2.45) is 0 Å². The van der Waals surface area contributed by atoms with Gasteiger partial charge in [0.05, 0.1) is 0 Å². The molecule has 0 radical (unpaired) electrons. The van der Waals surface area contributed by atoms with E-state index in [0.29, 0.717) is 5.75 Å². The number of nitrogens with zero attached hydrogens (tertiary/aromatic N) is 2. The van der Waals surface area contributed by atoms with Crippen LogP contribution in [0.25, 0.3) is 10.8 Å². The van der Waals surface area contributed by atoms with Crippen molar-refractivity contribution in [3.63, 3.8) is 0 Å². The van der Waals surface area contributed by atoms with Crippen LogP contribution in [-0.2, 0) is 6.54 Å². The van der Waals surface area contributed by atoms with Crippen molar-refractivity contribution >= 4 is 10.8 Å². The van der Waals surface area contributed by atoms with E-state index >= 15 is 0 Å². The van der Waals surface area contributed by atoms with Gasteiger partial charge in [0.15, 0.2) is 11.6 Å². The second-order valence-corrected chi connectivity index (χ2v) is 7.08. The van der Waals surface area contributed by atoms with Gasteiger partial charge in [0.2, 0.25) is 0 Å². The predicted molar refractivity (Wildman–Crippen MR) is 102 cm³/mol. The average Bonchev–Trinajstić information content (AvgIpc) is 2.66. The van der Waals surface area contributed by atoms with E-state index in [4.69, 9.17) is 4.74 Å². The molecule has 0 N–H and O–H groups in total. The molecule has 0 saturated carbocycles. The average molecular weight is 350 g/mol. The predicted octanol–water partition coefficient (Wildman–Crippen LogP) is 4.73. The van der Waals surface area contributed by atoms with Gasteiger partial charge in [-0.15, -0.1) is 0 Å². The van der Waals surface area contributed by atoms with Gasteiger partial charge in [0, 0.05) is 37.4 Å². The Morgan fingerprint density at radius 2 is 1.85 bits per heavy atom. The van der Waals surface area contributed by atoms with Gasteiger partial charge in [-0.25, -0.2) is 4.39 Å². The van der Waals surface area contributed by atoms with E-state index in [1.807, 2.05) is 6.07 Å². The molecule has 3 aromatic rings. The monoisotopic (exact) mass is 350 g/mol. The summed E-state index contributed by atoms with van der Waals surface area (Å²) in [5, 5.41) is 1.75. The molecule has 1 aliphatic rings. The molecule has 26 heavy (non-hydrogen) atoms. The number of fused-ring (bicyclic) bond motifs is 1. The largest absolute Gasteiger partial charge is 0.487 e. The number of benzene rings is 2. The molecule has 2 aromatic carbocycles. The maximum absolute atomic E-state index is 14.3. The van der Waals surface area contributed by atoms with Crippen molar-refractivity contribution in [3.8, 4) is 5.75 Å². The first kappa shape index (κ1) is 17.0. The van der Waals surface area contributed by atoms with Gasteiger partial charge in [0.1, 0.15) is 6.10 Å². The van der Waals surface area contributed by atoms with Crippen molar-refractivity contribution in [2.75, 3.05) is 13.1 Å². The third-order valence-corrected chi connectivity index (χ3v) is 5.05. The summed E-state index contributed by atoms with van der Waals surface area (Å²) in [6.45, 7) is 5.01. The molecule has 1 saturated heterocycles. The molecule has 0 bridgehead atoms. The van der Waals surface area contributed by atoms with Crippen LogP contribution in [0.1, 0.15) is 24.0 Å². The second kappa shape index (κ2) is 7.42. The van der Waals surface area contributed by atoms with Crippen LogP contribution in [0, 0.1) is 12.7 Å². The summed E-state index contributed by atoms with van der Waals surface area (Å²) in [5.41, 5.74) is 2.62. The highest BCUT2D eigenvalue weighted by atomic mass is 19.1. The summed E-state index contributed by atoms with van der Waals surface area (Å²) in [7, 11) is 0. The molecular formula is C22H23FN2O. The lowest BCUT2D eigenvalue weighted by Crippen LogP contribution is -2.37. The van der Waals surface area contributed by atoms with Gasteiger partial charge in [-0.05, 0) is 48.9 Å². The van der Waals surface area contributed by atoms with Gasteiger partial charge in [-0.1, -0.05) is 29.8 Å². The quantitative estimate of drug-likeness (QED) is 0.680. The zero-order valence-electron chi connectivity index (χ0n) is 15.0. The topological polar surface area (TPSA) is 25.4 Å². The highest BCUT2D eigenvalue weighted by Gasteiger charge is 2.21. The normalized spacial score (nSPS) is 16.1. The minimum atomic E-state index is -0.312. The molecule has 0 amide bonds. The fourth-order valence-corrected chi connectivity index (χ4v) is 3.49. The number of piperidine rings is 1. The summed E-state index contributed by atoms with van der Waals surface area (Å²) in [6.07, 6.45) is 5.29. The molecule has 0 aliphatic carbocycles. The Morgan fingerprint density at radius 3 is 2.62 bits per heavy atom. The van der Waals surface area contributed by atoms with Crippen LogP contribution in [0.4, 0.5) is 4.39 Å². The van der Waals surface area contributed by atoms with E-state index in [1.54, 1.807) is 18.5 Å². The maximum atomic E-state index is 14.3. The number of aryl methyl sites for hydroxylation is 1. The molecule has 0 atom stereocenters.